The fourth-order valence-electron chi connectivity index (χ4n) is 2.07. The molecule has 0 aliphatic heterocycles. The summed E-state index contributed by atoms with van der Waals surface area (Å²) in [5.41, 5.74) is 2.67. The van der Waals surface area contributed by atoms with E-state index < -0.39 is 5.75 Å². The number of phenols is 3. The molecule has 0 amide bonds. The molecule has 4 N–H and O–H groups in total. The molecule has 0 saturated carbocycles. The van der Waals surface area contributed by atoms with Gasteiger partial charge < -0.3 is 20.6 Å². The second-order valence-corrected chi connectivity index (χ2v) is 4.85. The number of phenolic OH excluding ortho intramolecular Hbond substituents is 3. The molecule has 108 valence electrons. The summed E-state index contributed by atoms with van der Waals surface area (Å²) in [4.78, 5) is 0. The molecule has 1 aromatic carbocycles. The van der Waals surface area contributed by atoms with Crippen molar-refractivity contribution in [2.24, 2.45) is 7.05 Å². The first kappa shape index (κ1) is 14.2. The lowest BCUT2D eigenvalue weighted by Gasteiger charge is -2.15. The first-order chi connectivity index (χ1) is 9.41. The lowest BCUT2D eigenvalue weighted by molar-refractivity contribution is 0.363. The fourth-order valence-corrected chi connectivity index (χ4v) is 2.07. The van der Waals surface area contributed by atoms with E-state index in [0.29, 0.717) is 12.1 Å². The van der Waals surface area contributed by atoms with E-state index in [0.717, 1.165) is 11.3 Å². The summed E-state index contributed by atoms with van der Waals surface area (Å²) in [5, 5.41) is 35.9. The molecule has 1 heterocycles. The van der Waals surface area contributed by atoms with E-state index in [-0.39, 0.29) is 17.5 Å². The molecule has 1 atom stereocenters. The van der Waals surface area contributed by atoms with Gasteiger partial charge in [-0.2, -0.15) is 5.10 Å². The Labute approximate surface area is 117 Å². The van der Waals surface area contributed by atoms with Crippen LogP contribution >= 0.6 is 0 Å². The zero-order valence-electron chi connectivity index (χ0n) is 11.8. The molecule has 0 bridgehead atoms. The van der Waals surface area contributed by atoms with Gasteiger partial charge in [0.2, 0.25) is 5.75 Å². The van der Waals surface area contributed by atoms with Crippen LogP contribution in [0.25, 0.3) is 0 Å². The first-order valence-electron chi connectivity index (χ1n) is 6.36. The van der Waals surface area contributed by atoms with Crippen molar-refractivity contribution in [1.82, 2.24) is 15.1 Å². The highest BCUT2D eigenvalue weighted by Crippen LogP contribution is 2.37. The molecule has 1 unspecified atom stereocenters. The molecule has 0 spiro atoms. The zero-order chi connectivity index (χ0) is 14.9. The third kappa shape index (κ3) is 2.55. The third-order valence-corrected chi connectivity index (χ3v) is 3.55. The van der Waals surface area contributed by atoms with E-state index in [4.69, 9.17) is 0 Å². The second kappa shape index (κ2) is 5.42. The second-order valence-electron chi connectivity index (χ2n) is 4.85. The van der Waals surface area contributed by atoms with Gasteiger partial charge in [-0.05, 0) is 19.9 Å². The number of benzene rings is 1. The molecule has 0 saturated heterocycles. The highest BCUT2D eigenvalue weighted by Gasteiger charge is 2.14. The van der Waals surface area contributed by atoms with Crippen molar-refractivity contribution in [2.45, 2.75) is 26.4 Å². The summed E-state index contributed by atoms with van der Waals surface area (Å²) >= 11 is 0. The highest BCUT2D eigenvalue weighted by molar-refractivity contribution is 5.53. The lowest BCUT2D eigenvalue weighted by atomic mass is 10.1. The number of nitrogens with one attached hydrogen (secondary N) is 1. The molecule has 2 rings (SSSR count). The Morgan fingerprint density at radius 2 is 1.95 bits per heavy atom. The molecule has 6 heteroatoms. The monoisotopic (exact) mass is 277 g/mol. The maximum Gasteiger partial charge on any atom is 0.200 e. The Morgan fingerprint density at radius 1 is 1.25 bits per heavy atom. The van der Waals surface area contributed by atoms with Crippen LogP contribution in [0.4, 0.5) is 0 Å². The van der Waals surface area contributed by atoms with Crippen molar-refractivity contribution >= 4 is 0 Å². The van der Waals surface area contributed by atoms with E-state index in [1.54, 1.807) is 16.9 Å². The largest absolute Gasteiger partial charge is 0.504 e. The summed E-state index contributed by atoms with van der Waals surface area (Å²) in [7, 11) is 1.88. The van der Waals surface area contributed by atoms with Crippen molar-refractivity contribution in [3.8, 4) is 17.2 Å². The van der Waals surface area contributed by atoms with Crippen LogP contribution in [-0.4, -0.2) is 25.1 Å². The smallest absolute Gasteiger partial charge is 0.200 e. The van der Waals surface area contributed by atoms with E-state index >= 15 is 0 Å². The maximum absolute atomic E-state index is 9.75. The average molecular weight is 277 g/mol. The summed E-state index contributed by atoms with van der Waals surface area (Å²) in [6.45, 7) is 4.36. The molecular weight excluding hydrogens is 258 g/mol. The number of hydrogen-bond donors (Lipinski definition) is 4. The molecule has 2 aromatic rings. The number of aryl methyl sites for hydroxylation is 1. The maximum atomic E-state index is 9.75. The fraction of sp³-hybridized carbons (Fsp3) is 0.357. The van der Waals surface area contributed by atoms with Gasteiger partial charge in [0, 0.05) is 36.5 Å². The van der Waals surface area contributed by atoms with Crippen LogP contribution < -0.4 is 5.32 Å². The lowest BCUT2D eigenvalue weighted by Crippen LogP contribution is -2.18. The van der Waals surface area contributed by atoms with Gasteiger partial charge in [-0.15, -0.1) is 0 Å². The Hall–Kier alpha value is -2.21. The quantitative estimate of drug-likeness (QED) is 0.639. The summed E-state index contributed by atoms with van der Waals surface area (Å²) in [6, 6.07) is 2.98. The molecule has 0 fully saturated rings. The summed E-state index contributed by atoms with van der Waals surface area (Å²) < 4.78 is 1.80. The number of nitrogens with zero attached hydrogens (tertiary/aromatic N) is 2. The Morgan fingerprint density at radius 3 is 2.55 bits per heavy atom. The van der Waals surface area contributed by atoms with Gasteiger partial charge in [0.25, 0.3) is 0 Å². The van der Waals surface area contributed by atoms with E-state index in [1.807, 2.05) is 20.9 Å². The Kier molecular flexibility index (Phi) is 3.85. The van der Waals surface area contributed by atoms with Gasteiger partial charge in [-0.3, -0.25) is 4.68 Å². The van der Waals surface area contributed by atoms with Crippen molar-refractivity contribution < 1.29 is 15.3 Å². The van der Waals surface area contributed by atoms with Crippen LogP contribution in [0.1, 0.15) is 29.8 Å². The van der Waals surface area contributed by atoms with E-state index in [2.05, 4.69) is 10.4 Å². The Balaban J connectivity index is 2.09. The first-order valence-corrected chi connectivity index (χ1v) is 6.36. The highest BCUT2D eigenvalue weighted by atomic mass is 16.3. The average Bonchev–Trinajstić information content (AvgIpc) is 2.75. The standard InChI is InChI=1S/C14H19N3O3/c1-8(11-7-16-17(3)9(11)2)15-6-10-4-5-12(18)14(20)13(10)19/h4-5,7-8,15,18-20H,6H2,1-3H3. The van der Waals surface area contributed by atoms with E-state index in [1.165, 1.54) is 6.07 Å². The van der Waals surface area contributed by atoms with Gasteiger partial charge in [-0.25, -0.2) is 0 Å². The van der Waals surface area contributed by atoms with Crippen LogP contribution in [0, 0.1) is 6.92 Å². The van der Waals surface area contributed by atoms with Crippen molar-refractivity contribution in [1.29, 1.82) is 0 Å². The number of hydrogen-bond acceptors (Lipinski definition) is 5. The summed E-state index contributed by atoms with van der Waals surface area (Å²) in [6.07, 6.45) is 1.81. The van der Waals surface area contributed by atoms with Gasteiger partial charge in [0.1, 0.15) is 0 Å². The van der Waals surface area contributed by atoms with Gasteiger partial charge in [0.05, 0.1) is 6.20 Å². The van der Waals surface area contributed by atoms with Gasteiger partial charge >= 0.3 is 0 Å². The van der Waals surface area contributed by atoms with Gasteiger partial charge in [-0.1, -0.05) is 6.07 Å². The number of aromatic hydroxyl groups is 3. The SMILES string of the molecule is Cc1c(C(C)NCc2ccc(O)c(O)c2O)cnn1C. The van der Waals surface area contributed by atoms with Crippen LogP contribution in [-0.2, 0) is 13.6 Å². The molecular formula is C14H19N3O3. The zero-order valence-corrected chi connectivity index (χ0v) is 11.8. The predicted molar refractivity (Wildman–Crippen MR) is 74.6 cm³/mol. The Bertz CT molecular complexity index is 622. The minimum Gasteiger partial charge on any atom is -0.504 e. The number of rotatable bonds is 4. The van der Waals surface area contributed by atoms with Gasteiger partial charge in [0.15, 0.2) is 11.5 Å². The van der Waals surface area contributed by atoms with Crippen LogP contribution in [0.5, 0.6) is 17.2 Å². The predicted octanol–water partition coefficient (Wildman–Crippen LogP) is 1.70. The molecule has 0 aliphatic carbocycles. The third-order valence-electron chi connectivity index (χ3n) is 3.55. The van der Waals surface area contributed by atoms with Crippen LogP contribution in [0.3, 0.4) is 0 Å². The van der Waals surface area contributed by atoms with Crippen molar-refractivity contribution in [3.63, 3.8) is 0 Å². The van der Waals surface area contributed by atoms with Crippen molar-refractivity contribution in [2.75, 3.05) is 0 Å². The molecule has 1 aromatic heterocycles. The topological polar surface area (TPSA) is 90.5 Å². The minimum atomic E-state index is -0.491. The van der Waals surface area contributed by atoms with Crippen LogP contribution in [0.2, 0.25) is 0 Å². The summed E-state index contributed by atoms with van der Waals surface area (Å²) in [5.74, 6) is -1.12. The molecule has 6 nitrogen and oxygen atoms in total. The normalized spacial score (nSPS) is 12.6. The molecule has 20 heavy (non-hydrogen) atoms. The molecule has 0 aliphatic rings. The minimum absolute atomic E-state index is 0.0547. The number of aromatic nitrogens is 2. The van der Waals surface area contributed by atoms with E-state index in [9.17, 15) is 15.3 Å². The molecule has 0 radical (unpaired) electrons. The van der Waals surface area contributed by atoms with Crippen molar-refractivity contribution in [3.05, 3.63) is 35.2 Å². The van der Waals surface area contributed by atoms with Crippen LogP contribution in [0.15, 0.2) is 18.3 Å².